The molecule has 1 heterocycles. The number of nitrogens with zero attached hydrogens (tertiary/aromatic N) is 1. The highest BCUT2D eigenvalue weighted by Crippen LogP contribution is 2.49. The lowest BCUT2D eigenvalue weighted by Crippen LogP contribution is -2.45. The van der Waals surface area contributed by atoms with Gasteiger partial charge >= 0.3 is 0 Å². The number of methoxy groups -OCH3 is 1. The molecule has 23 heavy (non-hydrogen) atoms. The van der Waals surface area contributed by atoms with Crippen molar-refractivity contribution in [1.29, 1.82) is 0 Å². The molecule has 1 aromatic carbocycles. The number of fused-ring (bicyclic) bond motifs is 1. The van der Waals surface area contributed by atoms with E-state index in [2.05, 4.69) is 0 Å². The first-order valence-electron chi connectivity index (χ1n) is 7.88. The molecule has 0 radical (unpaired) electrons. The summed E-state index contributed by atoms with van der Waals surface area (Å²) in [6.45, 7) is 6.07. The molecule has 1 saturated heterocycles. The SMILES string of the molecule is COC1=CC=C2C(=O)N(C(C)(C)C)[C@H](c3ccccc3)[C@H]2[C@@H]1O. The van der Waals surface area contributed by atoms with Gasteiger partial charge in [-0.25, -0.2) is 0 Å². The largest absolute Gasteiger partial charge is 0.498 e. The zero-order valence-electron chi connectivity index (χ0n) is 14.0. The minimum atomic E-state index is -0.818. The molecule has 3 atom stereocenters. The van der Waals surface area contributed by atoms with Crippen molar-refractivity contribution in [1.82, 2.24) is 4.90 Å². The molecule has 1 N–H and O–H groups in total. The third-order valence-electron chi connectivity index (χ3n) is 4.60. The maximum atomic E-state index is 13.0. The van der Waals surface area contributed by atoms with Crippen LogP contribution in [0.1, 0.15) is 32.4 Å². The Kier molecular flexibility index (Phi) is 3.80. The topological polar surface area (TPSA) is 49.8 Å². The number of hydrogen-bond donors (Lipinski definition) is 1. The van der Waals surface area contributed by atoms with Gasteiger partial charge in [0.1, 0.15) is 11.9 Å². The number of allylic oxidation sites excluding steroid dienone is 2. The fourth-order valence-electron chi connectivity index (χ4n) is 3.63. The standard InChI is InChI=1S/C19H23NO3/c1-19(2,3)20-16(12-8-6-5-7-9-12)15-13(18(20)22)10-11-14(23-4)17(15)21/h5-11,15-17,21H,1-4H3/t15-,16+,17+/m0/s1. The number of carbonyl (C=O) groups is 1. The zero-order chi connectivity index (χ0) is 16.8. The van der Waals surface area contributed by atoms with E-state index in [4.69, 9.17) is 4.74 Å². The molecular formula is C19H23NO3. The van der Waals surface area contributed by atoms with Crippen LogP contribution >= 0.6 is 0 Å². The molecule has 122 valence electrons. The summed E-state index contributed by atoms with van der Waals surface area (Å²) in [5, 5.41) is 10.8. The molecule has 1 fully saturated rings. The van der Waals surface area contributed by atoms with Crippen LogP contribution in [0.3, 0.4) is 0 Å². The van der Waals surface area contributed by atoms with Gasteiger partial charge in [0.15, 0.2) is 0 Å². The van der Waals surface area contributed by atoms with E-state index < -0.39 is 6.10 Å². The van der Waals surface area contributed by atoms with E-state index in [1.807, 2.05) is 56.0 Å². The molecular weight excluding hydrogens is 290 g/mol. The van der Waals surface area contributed by atoms with Crippen LogP contribution in [0.25, 0.3) is 0 Å². The van der Waals surface area contributed by atoms with Crippen LogP contribution in [0.4, 0.5) is 0 Å². The zero-order valence-corrected chi connectivity index (χ0v) is 14.0. The number of benzene rings is 1. The first kappa shape index (κ1) is 15.8. The lowest BCUT2D eigenvalue weighted by molar-refractivity contribution is -0.131. The van der Waals surface area contributed by atoms with Gasteiger partial charge in [-0.15, -0.1) is 0 Å². The molecule has 0 bridgehead atoms. The Labute approximate surface area is 137 Å². The summed E-state index contributed by atoms with van der Waals surface area (Å²) in [5.74, 6) is 0.175. The number of ether oxygens (including phenoxy) is 1. The number of likely N-dealkylation sites (tertiary alicyclic amines) is 1. The summed E-state index contributed by atoms with van der Waals surface area (Å²) in [5.41, 5.74) is 1.34. The second-order valence-corrected chi connectivity index (χ2v) is 7.07. The second kappa shape index (κ2) is 5.53. The lowest BCUT2D eigenvalue weighted by atomic mass is 9.82. The molecule has 1 aromatic rings. The molecule has 0 unspecified atom stereocenters. The van der Waals surface area contributed by atoms with Crippen LogP contribution < -0.4 is 0 Å². The van der Waals surface area contributed by atoms with Gasteiger partial charge in [0, 0.05) is 17.0 Å². The summed E-state index contributed by atoms with van der Waals surface area (Å²) >= 11 is 0. The van der Waals surface area contributed by atoms with Crippen LogP contribution in [0.2, 0.25) is 0 Å². The van der Waals surface area contributed by atoms with E-state index in [0.29, 0.717) is 11.3 Å². The number of hydrogen-bond acceptors (Lipinski definition) is 3. The summed E-state index contributed by atoms with van der Waals surface area (Å²) in [6, 6.07) is 9.70. The Bertz CT molecular complexity index is 670. The van der Waals surface area contributed by atoms with Crippen LogP contribution in [0, 0.1) is 5.92 Å². The van der Waals surface area contributed by atoms with Crippen molar-refractivity contribution in [3.8, 4) is 0 Å². The van der Waals surface area contributed by atoms with Crippen molar-refractivity contribution in [2.75, 3.05) is 7.11 Å². The van der Waals surface area contributed by atoms with E-state index in [0.717, 1.165) is 5.56 Å². The fourth-order valence-corrected chi connectivity index (χ4v) is 3.63. The van der Waals surface area contributed by atoms with Gasteiger partial charge in [0.2, 0.25) is 0 Å². The number of amides is 1. The van der Waals surface area contributed by atoms with E-state index >= 15 is 0 Å². The van der Waals surface area contributed by atoms with Crippen molar-refractivity contribution in [2.45, 2.75) is 38.5 Å². The second-order valence-electron chi connectivity index (χ2n) is 7.07. The van der Waals surface area contributed by atoms with E-state index in [9.17, 15) is 9.90 Å². The molecule has 0 saturated carbocycles. The first-order chi connectivity index (χ1) is 10.9. The van der Waals surface area contributed by atoms with Gasteiger partial charge in [-0.05, 0) is 38.5 Å². The lowest BCUT2D eigenvalue weighted by Gasteiger charge is -2.39. The van der Waals surface area contributed by atoms with Gasteiger partial charge in [0.05, 0.1) is 13.2 Å². The predicted molar refractivity (Wildman–Crippen MR) is 88.5 cm³/mol. The summed E-state index contributed by atoms with van der Waals surface area (Å²) in [7, 11) is 1.55. The fraction of sp³-hybridized carbons (Fsp3) is 0.421. The Morgan fingerprint density at radius 2 is 1.78 bits per heavy atom. The highest BCUT2D eigenvalue weighted by atomic mass is 16.5. The molecule has 4 heteroatoms. The highest BCUT2D eigenvalue weighted by molar-refractivity contribution is 5.98. The van der Waals surface area contributed by atoms with E-state index in [-0.39, 0.29) is 23.4 Å². The maximum absolute atomic E-state index is 13.0. The van der Waals surface area contributed by atoms with Crippen LogP contribution in [0.5, 0.6) is 0 Å². The van der Waals surface area contributed by atoms with Crippen LogP contribution in [0.15, 0.2) is 53.8 Å². The Balaban J connectivity index is 2.14. The van der Waals surface area contributed by atoms with Gasteiger partial charge in [0.25, 0.3) is 5.91 Å². The minimum Gasteiger partial charge on any atom is -0.498 e. The van der Waals surface area contributed by atoms with E-state index in [1.165, 1.54) is 0 Å². The van der Waals surface area contributed by atoms with Crippen LogP contribution in [-0.4, -0.2) is 34.7 Å². The highest BCUT2D eigenvalue weighted by Gasteiger charge is 2.53. The van der Waals surface area contributed by atoms with E-state index in [1.54, 1.807) is 19.3 Å². The van der Waals surface area contributed by atoms with Crippen LogP contribution in [-0.2, 0) is 9.53 Å². The van der Waals surface area contributed by atoms with Crippen molar-refractivity contribution < 1.29 is 14.6 Å². The summed E-state index contributed by atoms with van der Waals surface area (Å²) in [6.07, 6.45) is 2.67. The average molecular weight is 313 g/mol. The average Bonchev–Trinajstić information content (AvgIpc) is 2.82. The number of aliphatic hydroxyl groups excluding tert-OH is 1. The summed E-state index contributed by atoms with van der Waals surface area (Å²) in [4.78, 5) is 14.9. The number of rotatable bonds is 2. The molecule has 2 aliphatic rings. The first-order valence-corrected chi connectivity index (χ1v) is 7.88. The smallest absolute Gasteiger partial charge is 0.251 e. The van der Waals surface area contributed by atoms with Crippen molar-refractivity contribution in [2.24, 2.45) is 5.92 Å². The Morgan fingerprint density at radius 3 is 2.35 bits per heavy atom. The molecule has 1 aliphatic carbocycles. The number of aliphatic hydroxyl groups is 1. The van der Waals surface area contributed by atoms with Crippen molar-refractivity contribution in [3.63, 3.8) is 0 Å². The van der Waals surface area contributed by atoms with Gasteiger partial charge in [-0.2, -0.15) is 0 Å². The summed E-state index contributed by atoms with van der Waals surface area (Å²) < 4.78 is 5.29. The molecule has 3 rings (SSSR count). The monoisotopic (exact) mass is 313 g/mol. The van der Waals surface area contributed by atoms with Crippen molar-refractivity contribution in [3.05, 3.63) is 59.4 Å². The third kappa shape index (κ3) is 2.47. The number of carbonyl (C=O) groups excluding carboxylic acids is 1. The molecule has 1 amide bonds. The molecule has 0 spiro atoms. The molecule has 0 aromatic heterocycles. The van der Waals surface area contributed by atoms with Crippen molar-refractivity contribution >= 4 is 5.91 Å². The predicted octanol–water partition coefficient (Wildman–Crippen LogP) is 2.82. The van der Waals surface area contributed by atoms with Gasteiger partial charge < -0.3 is 14.7 Å². The third-order valence-corrected chi connectivity index (χ3v) is 4.60. The molecule has 4 nitrogen and oxygen atoms in total. The Morgan fingerprint density at radius 1 is 1.13 bits per heavy atom. The Hall–Kier alpha value is -2.07. The van der Waals surface area contributed by atoms with Gasteiger partial charge in [-0.3, -0.25) is 4.79 Å². The quantitative estimate of drug-likeness (QED) is 0.913. The minimum absolute atomic E-state index is 0.0122. The normalized spacial score (nSPS) is 27.4. The maximum Gasteiger partial charge on any atom is 0.251 e. The van der Waals surface area contributed by atoms with Gasteiger partial charge in [-0.1, -0.05) is 30.3 Å². The molecule has 1 aliphatic heterocycles.